The van der Waals surface area contributed by atoms with Gasteiger partial charge in [-0.25, -0.2) is 9.59 Å². The molecule has 0 aliphatic heterocycles. The molecule has 0 spiro atoms. The fraction of sp³-hybridized carbons (Fsp3) is 0.500. The maximum atomic E-state index is 11.8. The predicted molar refractivity (Wildman–Crippen MR) is 126 cm³/mol. The third kappa shape index (κ3) is 12.5. The Morgan fingerprint density at radius 1 is 0.531 bits per heavy atom. The van der Waals surface area contributed by atoms with Crippen LogP contribution >= 0.6 is 0 Å². The van der Waals surface area contributed by atoms with Gasteiger partial charge in [-0.15, -0.1) is 0 Å². The summed E-state index contributed by atoms with van der Waals surface area (Å²) in [5, 5.41) is 11.5. The highest BCUT2D eigenvalue weighted by molar-refractivity contribution is 5.74. The van der Waals surface area contributed by atoms with Crippen LogP contribution in [-0.2, 0) is 12.8 Å². The van der Waals surface area contributed by atoms with Crippen LogP contribution in [0.5, 0.6) is 0 Å². The Morgan fingerprint density at radius 3 is 1.28 bits per heavy atom. The van der Waals surface area contributed by atoms with E-state index >= 15 is 0 Å². The molecule has 2 aromatic heterocycles. The zero-order chi connectivity index (χ0) is 22.7. The van der Waals surface area contributed by atoms with Crippen LogP contribution in [0.25, 0.3) is 0 Å². The summed E-state index contributed by atoms with van der Waals surface area (Å²) in [7, 11) is 0. The first-order chi connectivity index (χ1) is 15.7. The van der Waals surface area contributed by atoms with E-state index in [0.717, 1.165) is 62.5 Å². The van der Waals surface area contributed by atoms with E-state index in [1.165, 1.54) is 0 Å². The van der Waals surface area contributed by atoms with Crippen LogP contribution in [0.3, 0.4) is 0 Å². The minimum absolute atomic E-state index is 0.107. The molecule has 2 rings (SSSR count). The van der Waals surface area contributed by atoms with Crippen molar-refractivity contribution in [3.05, 3.63) is 60.2 Å². The molecule has 32 heavy (non-hydrogen) atoms. The molecule has 0 saturated carbocycles. The maximum Gasteiger partial charge on any atom is 0.314 e. The lowest BCUT2D eigenvalue weighted by Gasteiger charge is -2.08. The van der Waals surface area contributed by atoms with E-state index in [1.54, 1.807) is 24.8 Å². The highest BCUT2D eigenvalue weighted by Gasteiger charge is 2.01. The van der Waals surface area contributed by atoms with E-state index in [2.05, 4.69) is 31.2 Å². The summed E-state index contributed by atoms with van der Waals surface area (Å²) < 4.78 is 0. The van der Waals surface area contributed by atoms with Crippen molar-refractivity contribution in [1.29, 1.82) is 0 Å². The van der Waals surface area contributed by atoms with Crippen LogP contribution in [0.1, 0.15) is 49.7 Å². The second-order valence-corrected chi connectivity index (χ2v) is 7.70. The molecule has 2 aromatic rings. The molecule has 2 heterocycles. The van der Waals surface area contributed by atoms with Gasteiger partial charge >= 0.3 is 12.1 Å². The number of urea groups is 2. The summed E-state index contributed by atoms with van der Waals surface area (Å²) in [5.74, 6) is 0. The van der Waals surface area contributed by atoms with Gasteiger partial charge < -0.3 is 21.3 Å². The summed E-state index contributed by atoms with van der Waals surface area (Å²) in [6.07, 6.45) is 15.1. The molecule has 0 atom stereocenters. The van der Waals surface area contributed by atoms with Crippen molar-refractivity contribution in [3.63, 3.8) is 0 Å². The molecule has 0 aliphatic carbocycles. The Labute approximate surface area is 191 Å². The van der Waals surface area contributed by atoms with Crippen molar-refractivity contribution in [2.24, 2.45) is 0 Å². The largest absolute Gasteiger partial charge is 0.338 e. The number of carbonyl (C=O) groups is 2. The number of nitrogens with one attached hydrogen (secondary N) is 4. The fourth-order valence-electron chi connectivity index (χ4n) is 3.23. The van der Waals surface area contributed by atoms with Gasteiger partial charge in [-0.1, -0.05) is 25.7 Å². The highest BCUT2D eigenvalue weighted by Crippen LogP contribution is 2.04. The van der Waals surface area contributed by atoms with Gasteiger partial charge in [0.15, 0.2) is 0 Å². The summed E-state index contributed by atoms with van der Waals surface area (Å²) in [4.78, 5) is 31.5. The van der Waals surface area contributed by atoms with Gasteiger partial charge in [0, 0.05) is 51.0 Å². The lowest BCUT2D eigenvalue weighted by molar-refractivity contribution is 0.239. The minimum atomic E-state index is -0.107. The number of nitrogens with zero attached hydrogens (tertiary/aromatic N) is 2. The number of hydrogen-bond acceptors (Lipinski definition) is 4. The number of amides is 4. The molecule has 8 heteroatoms. The molecule has 174 valence electrons. The number of rotatable bonds is 15. The van der Waals surface area contributed by atoms with Crippen molar-refractivity contribution in [1.82, 2.24) is 31.2 Å². The molecule has 0 saturated heterocycles. The van der Waals surface area contributed by atoms with Gasteiger partial charge in [0.1, 0.15) is 0 Å². The lowest BCUT2D eigenvalue weighted by Crippen LogP contribution is -2.37. The Bertz CT molecular complexity index is 692. The Balaban J connectivity index is 1.32. The molecule has 0 aliphatic rings. The third-order valence-electron chi connectivity index (χ3n) is 5.07. The topological polar surface area (TPSA) is 108 Å². The van der Waals surface area contributed by atoms with Crippen molar-refractivity contribution in [3.8, 4) is 0 Å². The standard InChI is InChI=1S/C24H36N6O2/c31-23(29-19-11-21-7-15-25-16-8-21)27-13-5-3-1-2-4-6-14-28-24(32)30-20-12-22-9-17-26-18-10-22/h7-10,15-18H,1-6,11-14,19-20H2,(H2,27,29,31)(H2,28,30,32). The first kappa shape index (κ1) is 25.1. The zero-order valence-corrected chi connectivity index (χ0v) is 18.8. The monoisotopic (exact) mass is 440 g/mol. The Morgan fingerprint density at radius 2 is 0.875 bits per heavy atom. The SMILES string of the molecule is O=C(NCCCCCCCCNC(=O)NCCc1ccncc1)NCCc1ccncc1. The van der Waals surface area contributed by atoms with Gasteiger partial charge in [-0.2, -0.15) is 0 Å². The summed E-state index contributed by atoms with van der Waals surface area (Å²) in [6.45, 7) is 2.63. The summed E-state index contributed by atoms with van der Waals surface area (Å²) in [5.41, 5.74) is 2.33. The van der Waals surface area contributed by atoms with E-state index in [1.807, 2.05) is 24.3 Å². The molecule has 0 radical (unpaired) electrons. The smallest absolute Gasteiger partial charge is 0.314 e. The number of pyridine rings is 2. The molecular formula is C24H36N6O2. The van der Waals surface area contributed by atoms with Crippen LogP contribution in [0, 0.1) is 0 Å². The van der Waals surface area contributed by atoms with Gasteiger partial charge in [-0.05, 0) is 61.1 Å². The third-order valence-corrected chi connectivity index (χ3v) is 5.07. The number of carbonyl (C=O) groups excluding carboxylic acids is 2. The molecule has 0 unspecified atom stereocenters. The van der Waals surface area contributed by atoms with E-state index < -0.39 is 0 Å². The van der Waals surface area contributed by atoms with Crippen molar-refractivity contribution >= 4 is 12.1 Å². The van der Waals surface area contributed by atoms with Gasteiger partial charge in [-0.3, -0.25) is 9.97 Å². The zero-order valence-electron chi connectivity index (χ0n) is 18.8. The molecule has 8 nitrogen and oxygen atoms in total. The average molecular weight is 441 g/mol. The van der Waals surface area contributed by atoms with Gasteiger partial charge in [0.2, 0.25) is 0 Å². The van der Waals surface area contributed by atoms with Crippen LogP contribution in [0.4, 0.5) is 9.59 Å². The number of unbranched alkanes of at least 4 members (excludes halogenated alkanes) is 5. The van der Waals surface area contributed by atoms with Crippen LogP contribution in [0.15, 0.2) is 49.1 Å². The van der Waals surface area contributed by atoms with E-state index in [0.29, 0.717) is 26.2 Å². The average Bonchev–Trinajstić information content (AvgIpc) is 2.81. The van der Waals surface area contributed by atoms with Crippen LogP contribution in [-0.4, -0.2) is 48.2 Å². The summed E-state index contributed by atoms with van der Waals surface area (Å²) >= 11 is 0. The minimum Gasteiger partial charge on any atom is -0.338 e. The second kappa shape index (κ2) is 16.5. The van der Waals surface area contributed by atoms with Crippen LogP contribution in [0.2, 0.25) is 0 Å². The Kier molecular flexibility index (Phi) is 13.0. The van der Waals surface area contributed by atoms with E-state index in [-0.39, 0.29) is 12.1 Å². The normalized spacial score (nSPS) is 10.4. The molecular weight excluding hydrogens is 404 g/mol. The Hall–Kier alpha value is -3.16. The molecule has 0 fully saturated rings. The number of hydrogen-bond donors (Lipinski definition) is 4. The van der Waals surface area contributed by atoms with Gasteiger partial charge in [0.25, 0.3) is 0 Å². The number of aromatic nitrogens is 2. The first-order valence-electron chi connectivity index (χ1n) is 11.6. The van der Waals surface area contributed by atoms with E-state index in [9.17, 15) is 9.59 Å². The second-order valence-electron chi connectivity index (χ2n) is 7.70. The lowest BCUT2D eigenvalue weighted by atomic mass is 10.1. The molecule has 0 bridgehead atoms. The van der Waals surface area contributed by atoms with Crippen LogP contribution < -0.4 is 21.3 Å². The van der Waals surface area contributed by atoms with E-state index in [4.69, 9.17) is 0 Å². The molecule has 4 amide bonds. The molecule has 4 N–H and O–H groups in total. The quantitative estimate of drug-likeness (QED) is 0.319. The first-order valence-corrected chi connectivity index (χ1v) is 11.6. The molecule has 0 aromatic carbocycles. The fourth-order valence-corrected chi connectivity index (χ4v) is 3.23. The van der Waals surface area contributed by atoms with Gasteiger partial charge in [0.05, 0.1) is 0 Å². The highest BCUT2D eigenvalue weighted by atomic mass is 16.2. The summed E-state index contributed by atoms with van der Waals surface area (Å²) in [6, 6.07) is 7.60. The maximum absolute atomic E-state index is 11.8. The predicted octanol–water partition coefficient (Wildman–Crippen LogP) is 3.20. The van der Waals surface area contributed by atoms with Crippen molar-refractivity contribution in [2.75, 3.05) is 26.2 Å². The van der Waals surface area contributed by atoms with Crippen molar-refractivity contribution < 1.29 is 9.59 Å². The van der Waals surface area contributed by atoms with Crippen molar-refractivity contribution in [2.45, 2.75) is 51.4 Å².